The number of carbonyl (C=O) groups is 1. The lowest BCUT2D eigenvalue weighted by molar-refractivity contribution is -0.118. The fourth-order valence-electron chi connectivity index (χ4n) is 3.24. The number of carbonyl (C=O) groups excluding carboxylic acids is 1. The molecular formula is C24H24N2O3S2. The Hall–Kier alpha value is -2.77. The Morgan fingerprint density at radius 3 is 2.65 bits per heavy atom. The van der Waals surface area contributed by atoms with E-state index in [9.17, 15) is 4.79 Å². The van der Waals surface area contributed by atoms with Crippen LogP contribution in [-0.4, -0.2) is 23.3 Å². The molecule has 0 saturated carbocycles. The van der Waals surface area contributed by atoms with E-state index in [2.05, 4.69) is 26.0 Å². The number of hydrogen-bond acceptors (Lipinski definition) is 6. The number of amides is 1. The van der Waals surface area contributed by atoms with Crippen molar-refractivity contribution in [3.05, 3.63) is 72.2 Å². The molecule has 0 bridgehead atoms. The third-order valence-corrected chi connectivity index (χ3v) is 6.73. The number of hydrogen-bond donors (Lipinski definition) is 0. The maximum atomic E-state index is 13.3. The highest BCUT2D eigenvalue weighted by Gasteiger charge is 2.22. The zero-order valence-corrected chi connectivity index (χ0v) is 19.3. The molecule has 0 atom stereocenters. The van der Waals surface area contributed by atoms with Crippen LogP contribution in [-0.2, 0) is 17.8 Å². The second kappa shape index (κ2) is 9.58. The number of anilines is 1. The number of thiazole rings is 1. The number of ether oxygens (including phenoxy) is 1. The van der Waals surface area contributed by atoms with Crippen molar-refractivity contribution in [3.63, 3.8) is 0 Å². The fraction of sp³-hybridized carbons (Fsp3) is 0.250. The minimum Gasteiger partial charge on any atom is -0.494 e. The molecule has 4 rings (SSSR count). The predicted octanol–water partition coefficient (Wildman–Crippen LogP) is 6.17. The number of fused-ring (bicyclic) bond motifs is 1. The lowest BCUT2D eigenvalue weighted by Gasteiger charge is -2.19. The molecule has 7 heteroatoms. The standard InChI is InChI=1S/C24H24N2O3S2/c1-16(2)30-19-11-9-17(10-12-19)14-22(27)26(15-18-6-5-13-29-18)24-25-23-20(28-3)7-4-8-21(23)31-24/h4-13,16H,14-15H2,1-3H3. The molecule has 0 saturated heterocycles. The summed E-state index contributed by atoms with van der Waals surface area (Å²) < 4.78 is 11.9. The molecule has 0 spiro atoms. The molecule has 0 aliphatic heterocycles. The third-order valence-electron chi connectivity index (χ3n) is 4.67. The van der Waals surface area contributed by atoms with Gasteiger partial charge in [-0.05, 0) is 42.0 Å². The van der Waals surface area contributed by atoms with Crippen LogP contribution in [0.5, 0.6) is 5.75 Å². The van der Waals surface area contributed by atoms with Crippen LogP contribution in [0.2, 0.25) is 0 Å². The van der Waals surface area contributed by atoms with E-state index in [0.29, 0.717) is 34.9 Å². The molecule has 0 N–H and O–H groups in total. The topological polar surface area (TPSA) is 55.6 Å². The van der Waals surface area contributed by atoms with Gasteiger partial charge in [0.05, 0.1) is 31.0 Å². The van der Waals surface area contributed by atoms with Crippen molar-refractivity contribution in [1.29, 1.82) is 0 Å². The van der Waals surface area contributed by atoms with Crippen LogP contribution >= 0.6 is 23.1 Å². The average molecular weight is 453 g/mol. The molecule has 0 radical (unpaired) electrons. The summed E-state index contributed by atoms with van der Waals surface area (Å²) in [4.78, 5) is 21.0. The molecule has 2 aromatic heterocycles. The number of para-hydroxylation sites is 1. The van der Waals surface area contributed by atoms with E-state index in [1.54, 1.807) is 18.3 Å². The summed E-state index contributed by atoms with van der Waals surface area (Å²) in [6.07, 6.45) is 1.91. The third kappa shape index (κ3) is 5.11. The summed E-state index contributed by atoms with van der Waals surface area (Å²) in [5, 5.41) is 1.15. The minimum absolute atomic E-state index is 0.0290. The highest BCUT2D eigenvalue weighted by molar-refractivity contribution is 7.99. The van der Waals surface area contributed by atoms with Crippen molar-refractivity contribution in [2.45, 2.75) is 37.0 Å². The van der Waals surface area contributed by atoms with Gasteiger partial charge in [-0.2, -0.15) is 0 Å². The van der Waals surface area contributed by atoms with E-state index in [1.165, 1.54) is 16.2 Å². The zero-order chi connectivity index (χ0) is 21.8. The van der Waals surface area contributed by atoms with Gasteiger partial charge in [-0.15, -0.1) is 11.8 Å². The molecule has 5 nitrogen and oxygen atoms in total. The van der Waals surface area contributed by atoms with E-state index >= 15 is 0 Å². The summed E-state index contributed by atoms with van der Waals surface area (Å²) in [5.74, 6) is 1.38. The van der Waals surface area contributed by atoms with Gasteiger partial charge < -0.3 is 9.15 Å². The predicted molar refractivity (Wildman–Crippen MR) is 127 cm³/mol. The minimum atomic E-state index is -0.0290. The molecular weight excluding hydrogens is 428 g/mol. The number of aromatic nitrogens is 1. The molecule has 4 aromatic rings. The summed E-state index contributed by atoms with van der Waals surface area (Å²) in [7, 11) is 1.63. The molecule has 0 unspecified atom stereocenters. The van der Waals surface area contributed by atoms with Crippen LogP contribution in [0.3, 0.4) is 0 Å². The number of furan rings is 1. The maximum absolute atomic E-state index is 13.3. The van der Waals surface area contributed by atoms with E-state index in [-0.39, 0.29) is 5.91 Å². The summed E-state index contributed by atoms with van der Waals surface area (Å²) >= 11 is 3.28. The maximum Gasteiger partial charge on any atom is 0.233 e. The number of thioether (sulfide) groups is 1. The van der Waals surface area contributed by atoms with Gasteiger partial charge >= 0.3 is 0 Å². The number of methoxy groups -OCH3 is 1. The molecule has 1 amide bonds. The quantitative estimate of drug-likeness (QED) is 0.299. The van der Waals surface area contributed by atoms with Crippen molar-refractivity contribution < 1.29 is 13.9 Å². The van der Waals surface area contributed by atoms with Gasteiger partial charge in [0.2, 0.25) is 5.91 Å². The first-order valence-corrected chi connectivity index (χ1v) is 11.7. The Kier molecular flexibility index (Phi) is 6.63. The molecule has 0 aliphatic rings. The van der Waals surface area contributed by atoms with Gasteiger partial charge in [0, 0.05) is 10.1 Å². The Morgan fingerprint density at radius 2 is 1.97 bits per heavy atom. The lowest BCUT2D eigenvalue weighted by Crippen LogP contribution is -2.31. The van der Waals surface area contributed by atoms with Crippen molar-refractivity contribution in [3.8, 4) is 5.75 Å². The number of benzene rings is 2. The summed E-state index contributed by atoms with van der Waals surface area (Å²) in [6, 6.07) is 17.7. The SMILES string of the molecule is COc1cccc2sc(N(Cc3ccco3)C(=O)Cc3ccc(SC(C)C)cc3)nc12. The molecule has 2 aromatic carbocycles. The van der Waals surface area contributed by atoms with Crippen molar-refractivity contribution >= 4 is 44.4 Å². The Bertz CT molecular complexity index is 1150. The lowest BCUT2D eigenvalue weighted by atomic mass is 10.1. The van der Waals surface area contributed by atoms with Crippen LogP contribution in [0.1, 0.15) is 25.2 Å². The second-order valence-electron chi connectivity index (χ2n) is 7.35. The Morgan fingerprint density at radius 1 is 1.16 bits per heavy atom. The van der Waals surface area contributed by atoms with E-state index in [0.717, 1.165) is 15.8 Å². The van der Waals surface area contributed by atoms with Gasteiger partial charge in [-0.3, -0.25) is 9.69 Å². The van der Waals surface area contributed by atoms with Gasteiger partial charge in [0.15, 0.2) is 5.13 Å². The van der Waals surface area contributed by atoms with Crippen LogP contribution in [0.4, 0.5) is 5.13 Å². The molecule has 160 valence electrons. The monoisotopic (exact) mass is 452 g/mol. The normalized spacial score (nSPS) is 11.2. The van der Waals surface area contributed by atoms with Crippen molar-refractivity contribution in [2.75, 3.05) is 12.0 Å². The van der Waals surface area contributed by atoms with Gasteiger partial charge in [-0.25, -0.2) is 4.98 Å². The van der Waals surface area contributed by atoms with Crippen LogP contribution in [0.15, 0.2) is 70.2 Å². The van der Waals surface area contributed by atoms with E-state index in [1.807, 2.05) is 54.2 Å². The van der Waals surface area contributed by atoms with E-state index < -0.39 is 0 Å². The largest absolute Gasteiger partial charge is 0.494 e. The van der Waals surface area contributed by atoms with Gasteiger partial charge in [-0.1, -0.05) is 43.4 Å². The fourth-order valence-corrected chi connectivity index (χ4v) is 5.08. The molecule has 31 heavy (non-hydrogen) atoms. The Balaban J connectivity index is 1.61. The Labute approximate surface area is 190 Å². The number of rotatable bonds is 8. The number of nitrogens with zero attached hydrogens (tertiary/aromatic N) is 2. The van der Waals surface area contributed by atoms with Crippen LogP contribution < -0.4 is 9.64 Å². The summed E-state index contributed by atoms with van der Waals surface area (Å²) in [6.45, 7) is 4.67. The van der Waals surface area contributed by atoms with Crippen LogP contribution in [0, 0.1) is 0 Å². The first kappa shape index (κ1) is 21.5. The summed E-state index contributed by atoms with van der Waals surface area (Å²) in [5.41, 5.74) is 1.73. The first-order chi connectivity index (χ1) is 15.0. The highest BCUT2D eigenvalue weighted by Crippen LogP contribution is 2.35. The van der Waals surface area contributed by atoms with Crippen molar-refractivity contribution in [1.82, 2.24) is 4.98 Å². The van der Waals surface area contributed by atoms with Gasteiger partial charge in [0.1, 0.15) is 17.0 Å². The first-order valence-electron chi connectivity index (χ1n) is 10.1. The molecule has 2 heterocycles. The van der Waals surface area contributed by atoms with Crippen LogP contribution in [0.25, 0.3) is 10.2 Å². The zero-order valence-electron chi connectivity index (χ0n) is 17.7. The second-order valence-corrected chi connectivity index (χ2v) is 10.0. The van der Waals surface area contributed by atoms with Gasteiger partial charge in [0.25, 0.3) is 0 Å². The van der Waals surface area contributed by atoms with Crippen molar-refractivity contribution in [2.24, 2.45) is 0 Å². The molecule has 0 fully saturated rings. The average Bonchev–Trinajstić information content (AvgIpc) is 3.42. The molecule has 0 aliphatic carbocycles. The van der Waals surface area contributed by atoms with E-state index in [4.69, 9.17) is 14.1 Å². The highest BCUT2D eigenvalue weighted by atomic mass is 32.2. The smallest absolute Gasteiger partial charge is 0.233 e.